The number of hydrogen-bond acceptors (Lipinski definition) is 5. The van der Waals surface area contributed by atoms with Crippen LogP contribution in [0.4, 0.5) is 10.1 Å². The van der Waals surface area contributed by atoms with Gasteiger partial charge in [-0.3, -0.25) is 13.9 Å². The van der Waals surface area contributed by atoms with Gasteiger partial charge in [0.25, 0.3) is 10.0 Å². The van der Waals surface area contributed by atoms with Gasteiger partial charge in [0.1, 0.15) is 24.2 Å². The number of ether oxygens (including phenoxy) is 1. The summed E-state index contributed by atoms with van der Waals surface area (Å²) in [5.74, 6) is -1.04. The largest absolute Gasteiger partial charge is 0.497 e. The molecule has 0 bridgehead atoms. The second kappa shape index (κ2) is 14.0. The highest BCUT2D eigenvalue weighted by Gasteiger charge is 2.34. The van der Waals surface area contributed by atoms with Crippen LogP contribution in [0.2, 0.25) is 5.02 Å². The number of hydrogen-bond donors (Lipinski definition) is 1. The first-order valence-corrected chi connectivity index (χ1v) is 15.7. The molecule has 1 aliphatic carbocycles. The summed E-state index contributed by atoms with van der Waals surface area (Å²) in [6.45, 7) is 1.20. The maximum absolute atomic E-state index is 14.2. The molecule has 0 radical (unpaired) electrons. The zero-order valence-corrected chi connectivity index (χ0v) is 25.2. The van der Waals surface area contributed by atoms with Gasteiger partial charge in [-0.2, -0.15) is 0 Å². The van der Waals surface area contributed by atoms with Gasteiger partial charge in [0.15, 0.2) is 0 Å². The summed E-state index contributed by atoms with van der Waals surface area (Å²) < 4.78 is 48.0. The van der Waals surface area contributed by atoms with Gasteiger partial charge in [-0.1, -0.05) is 61.7 Å². The highest BCUT2D eigenvalue weighted by molar-refractivity contribution is 7.92. The molecule has 1 unspecified atom stereocenters. The van der Waals surface area contributed by atoms with E-state index in [1.54, 1.807) is 36.4 Å². The molecular weight excluding hydrogens is 581 g/mol. The SMILES string of the molecule is CCC(C(=O)NC1CCCC1)N(Cc1cccc(OC)c1)C(=O)CN(c1ccc(F)c(Cl)c1)S(=O)(=O)c1ccccc1. The predicted molar refractivity (Wildman–Crippen MR) is 160 cm³/mol. The fourth-order valence-corrected chi connectivity index (χ4v) is 6.74. The van der Waals surface area contributed by atoms with E-state index in [1.165, 1.54) is 36.3 Å². The van der Waals surface area contributed by atoms with Crippen LogP contribution in [0.25, 0.3) is 0 Å². The zero-order chi connectivity index (χ0) is 30.3. The molecule has 1 saturated carbocycles. The van der Waals surface area contributed by atoms with Crippen molar-refractivity contribution in [3.8, 4) is 5.75 Å². The zero-order valence-electron chi connectivity index (χ0n) is 23.6. The van der Waals surface area contributed by atoms with Gasteiger partial charge in [0.05, 0.1) is 22.7 Å². The molecule has 1 aliphatic rings. The Balaban J connectivity index is 1.73. The summed E-state index contributed by atoms with van der Waals surface area (Å²) >= 11 is 6.03. The normalized spacial score (nSPS) is 14.3. The number of rotatable bonds is 12. The quantitative estimate of drug-likeness (QED) is 0.288. The number of sulfonamides is 1. The molecule has 4 rings (SSSR count). The molecule has 2 amide bonds. The number of carbonyl (C=O) groups is 2. The first-order valence-electron chi connectivity index (χ1n) is 13.9. The van der Waals surface area contributed by atoms with E-state index in [2.05, 4.69) is 5.32 Å². The molecule has 1 N–H and O–H groups in total. The van der Waals surface area contributed by atoms with Crippen molar-refractivity contribution in [1.82, 2.24) is 10.2 Å². The number of benzene rings is 3. The van der Waals surface area contributed by atoms with E-state index in [-0.39, 0.29) is 34.1 Å². The Morgan fingerprint density at radius 3 is 2.40 bits per heavy atom. The van der Waals surface area contributed by atoms with Gasteiger partial charge in [-0.25, -0.2) is 12.8 Å². The lowest BCUT2D eigenvalue weighted by Gasteiger charge is -2.34. The minimum Gasteiger partial charge on any atom is -0.497 e. The molecule has 0 aromatic heterocycles. The molecule has 11 heteroatoms. The van der Waals surface area contributed by atoms with E-state index >= 15 is 0 Å². The van der Waals surface area contributed by atoms with E-state index in [0.29, 0.717) is 17.7 Å². The van der Waals surface area contributed by atoms with Gasteiger partial charge in [0, 0.05) is 12.6 Å². The third-order valence-electron chi connectivity index (χ3n) is 7.38. The topological polar surface area (TPSA) is 96.0 Å². The summed E-state index contributed by atoms with van der Waals surface area (Å²) in [5, 5.41) is 2.79. The third-order valence-corrected chi connectivity index (χ3v) is 9.45. The molecule has 0 aliphatic heterocycles. The Labute approximate surface area is 251 Å². The van der Waals surface area contributed by atoms with E-state index in [4.69, 9.17) is 16.3 Å². The van der Waals surface area contributed by atoms with Crippen LogP contribution >= 0.6 is 11.6 Å². The third kappa shape index (κ3) is 7.41. The van der Waals surface area contributed by atoms with Crippen molar-refractivity contribution in [2.45, 2.75) is 62.6 Å². The molecule has 224 valence electrons. The Bertz CT molecular complexity index is 1500. The van der Waals surface area contributed by atoms with E-state index in [9.17, 15) is 22.4 Å². The molecular formula is C31H35ClFN3O5S. The number of methoxy groups -OCH3 is 1. The van der Waals surface area contributed by atoms with Crippen molar-refractivity contribution in [3.63, 3.8) is 0 Å². The maximum atomic E-state index is 14.2. The summed E-state index contributed by atoms with van der Waals surface area (Å²) in [7, 11) is -2.75. The lowest BCUT2D eigenvalue weighted by Crippen LogP contribution is -2.53. The van der Waals surface area contributed by atoms with Crippen molar-refractivity contribution in [2.24, 2.45) is 0 Å². The molecule has 0 saturated heterocycles. The van der Waals surface area contributed by atoms with Crippen LogP contribution in [-0.2, 0) is 26.2 Å². The van der Waals surface area contributed by atoms with Gasteiger partial charge >= 0.3 is 0 Å². The number of anilines is 1. The van der Waals surface area contributed by atoms with Crippen LogP contribution < -0.4 is 14.4 Å². The Morgan fingerprint density at radius 1 is 1.05 bits per heavy atom. The first-order chi connectivity index (χ1) is 20.1. The molecule has 8 nitrogen and oxygen atoms in total. The summed E-state index contributed by atoms with van der Waals surface area (Å²) in [6.07, 6.45) is 4.12. The molecule has 3 aromatic rings. The Morgan fingerprint density at radius 2 is 1.76 bits per heavy atom. The number of carbonyl (C=O) groups excluding carboxylic acids is 2. The van der Waals surface area contributed by atoms with Crippen molar-refractivity contribution < 1.29 is 27.1 Å². The van der Waals surface area contributed by atoms with Crippen molar-refractivity contribution in [3.05, 3.63) is 89.2 Å². The minimum atomic E-state index is -4.28. The highest BCUT2D eigenvalue weighted by atomic mass is 35.5. The Hall–Kier alpha value is -3.63. The number of amides is 2. The van der Waals surface area contributed by atoms with Gasteiger partial charge < -0.3 is 15.0 Å². The highest BCUT2D eigenvalue weighted by Crippen LogP contribution is 2.29. The van der Waals surface area contributed by atoms with Crippen LogP contribution in [-0.4, -0.2) is 50.9 Å². The molecule has 0 heterocycles. The van der Waals surface area contributed by atoms with Crippen LogP contribution in [0.3, 0.4) is 0 Å². The van der Waals surface area contributed by atoms with E-state index in [0.717, 1.165) is 36.1 Å². The molecule has 42 heavy (non-hydrogen) atoms. The van der Waals surface area contributed by atoms with Crippen molar-refractivity contribution >= 4 is 39.1 Å². The average Bonchev–Trinajstić information content (AvgIpc) is 3.50. The standard InChI is InChI=1S/C31H35ClFN3O5S/c1-3-29(31(38)34-23-11-7-8-12-23)35(20-22-10-9-13-25(18-22)41-2)30(37)21-36(24-16-17-28(33)27(32)19-24)42(39,40)26-14-5-4-6-15-26/h4-6,9-10,13-19,23,29H,3,7-8,11-12,20-21H2,1-2H3,(H,34,38). The van der Waals surface area contributed by atoms with Crippen LogP contribution in [0.15, 0.2) is 77.7 Å². The second-order valence-corrected chi connectivity index (χ2v) is 12.5. The van der Waals surface area contributed by atoms with Gasteiger partial charge in [0.2, 0.25) is 11.8 Å². The average molecular weight is 616 g/mol. The molecule has 3 aromatic carbocycles. The second-order valence-electron chi connectivity index (χ2n) is 10.2. The van der Waals surface area contributed by atoms with Gasteiger partial charge in [-0.05, 0) is 67.3 Å². The van der Waals surface area contributed by atoms with Crippen LogP contribution in [0.1, 0.15) is 44.6 Å². The first kappa shape index (κ1) is 31.3. The number of nitrogens with one attached hydrogen (secondary N) is 1. The van der Waals surface area contributed by atoms with E-state index in [1.807, 2.05) is 13.0 Å². The van der Waals surface area contributed by atoms with E-state index < -0.39 is 34.3 Å². The summed E-state index contributed by atoms with van der Waals surface area (Å²) in [4.78, 5) is 29.0. The monoisotopic (exact) mass is 615 g/mol. The molecule has 1 atom stereocenters. The lowest BCUT2D eigenvalue weighted by molar-refractivity contribution is -0.140. The molecule has 0 spiro atoms. The fraction of sp³-hybridized carbons (Fsp3) is 0.355. The summed E-state index contributed by atoms with van der Waals surface area (Å²) in [5.41, 5.74) is 0.723. The van der Waals surface area contributed by atoms with Crippen LogP contribution in [0.5, 0.6) is 5.75 Å². The molecule has 1 fully saturated rings. The Kier molecular flexibility index (Phi) is 10.5. The number of halogens is 2. The fourth-order valence-electron chi connectivity index (χ4n) is 5.14. The van der Waals surface area contributed by atoms with Crippen molar-refractivity contribution in [2.75, 3.05) is 18.0 Å². The predicted octanol–water partition coefficient (Wildman–Crippen LogP) is 5.55. The maximum Gasteiger partial charge on any atom is 0.264 e. The summed E-state index contributed by atoms with van der Waals surface area (Å²) in [6, 6.07) is 17.4. The minimum absolute atomic E-state index is 0.0170. The van der Waals surface area contributed by atoms with Gasteiger partial charge in [-0.15, -0.1) is 0 Å². The number of nitrogens with zero attached hydrogens (tertiary/aromatic N) is 2. The van der Waals surface area contributed by atoms with Crippen LogP contribution in [0, 0.1) is 5.82 Å². The lowest BCUT2D eigenvalue weighted by atomic mass is 10.1. The smallest absolute Gasteiger partial charge is 0.264 e. The van der Waals surface area contributed by atoms with Crippen molar-refractivity contribution in [1.29, 1.82) is 0 Å².